The normalized spacial score (nSPS) is 10.8. The Morgan fingerprint density at radius 2 is 1.80 bits per heavy atom. The highest BCUT2D eigenvalue weighted by Crippen LogP contribution is 2.15. The van der Waals surface area contributed by atoms with Crippen LogP contribution in [0.2, 0.25) is 0 Å². The molecule has 0 aliphatic rings. The van der Waals surface area contributed by atoms with Crippen LogP contribution in [0.25, 0.3) is 17.3 Å². The van der Waals surface area contributed by atoms with Gasteiger partial charge in [-0.3, -0.25) is 4.98 Å². The van der Waals surface area contributed by atoms with E-state index in [4.69, 9.17) is 0 Å². The summed E-state index contributed by atoms with van der Waals surface area (Å²) in [4.78, 5) is 17.2. The fourth-order valence-corrected chi connectivity index (χ4v) is 2.05. The minimum absolute atomic E-state index is 0.556. The molecule has 3 aromatic rings. The fraction of sp³-hybridized carbons (Fsp3) is 0.214. The monoisotopic (exact) mass is 266 g/mol. The summed E-state index contributed by atoms with van der Waals surface area (Å²) in [5.74, 6) is 1.30. The minimum Gasteiger partial charge on any atom is -0.261 e. The number of hydrogen-bond donors (Lipinski definition) is 0. The Bertz CT molecular complexity index is 748. The first kappa shape index (κ1) is 12.4. The lowest BCUT2D eigenvalue weighted by Crippen LogP contribution is -2.05. The Labute approximate surface area is 116 Å². The number of aryl methyl sites for hydroxylation is 3. The van der Waals surface area contributed by atoms with Gasteiger partial charge in [-0.05, 0) is 26.8 Å². The van der Waals surface area contributed by atoms with Crippen molar-refractivity contribution in [2.75, 3.05) is 0 Å². The van der Waals surface area contributed by atoms with Crippen LogP contribution in [0.4, 0.5) is 0 Å². The zero-order valence-corrected chi connectivity index (χ0v) is 11.6. The first-order valence-corrected chi connectivity index (χ1v) is 6.29. The third-order valence-electron chi connectivity index (χ3n) is 2.86. The van der Waals surface area contributed by atoms with E-state index in [1.807, 2.05) is 37.6 Å². The van der Waals surface area contributed by atoms with E-state index in [-0.39, 0.29) is 0 Å². The molecule has 3 rings (SSSR count). The van der Waals surface area contributed by atoms with Gasteiger partial charge in [-0.25, -0.2) is 19.6 Å². The van der Waals surface area contributed by atoms with Crippen molar-refractivity contribution < 1.29 is 0 Å². The van der Waals surface area contributed by atoms with Gasteiger partial charge in [-0.2, -0.15) is 5.10 Å². The molecule has 0 atom stereocenters. The fourth-order valence-electron chi connectivity index (χ4n) is 2.05. The third kappa shape index (κ3) is 2.27. The van der Waals surface area contributed by atoms with E-state index in [2.05, 4.69) is 25.0 Å². The summed E-state index contributed by atoms with van der Waals surface area (Å²) in [5, 5.41) is 4.45. The van der Waals surface area contributed by atoms with Gasteiger partial charge in [0.05, 0.1) is 11.9 Å². The Morgan fingerprint density at radius 1 is 0.950 bits per heavy atom. The van der Waals surface area contributed by atoms with Gasteiger partial charge >= 0.3 is 0 Å². The zero-order valence-electron chi connectivity index (χ0n) is 11.6. The molecule has 3 heterocycles. The average Bonchev–Trinajstić information content (AvgIpc) is 2.78. The molecule has 0 aliphatic heterocycles. The summed E-state index contributed by atoms with van der Waals surface area (Å²) in [5.41, 5.74) is 3.51. The first-order chi connectivity index (χ1) is 9.63. The van der Waals surface area contributed by atoms with Crippen molar-refractivity contribution in [3.8, 4) is 17.3 Å². The maximum atomic E-state index is 4.54. The van der Waals surface area contributed by atoms with Crippen molar-refractivity contribution in [1.82, 2.24) is 29.7 Å². The van der Waals surface area contributed by atoms with Crippen molar-refractivity contribution in [3.63, 3.8) is 0 Å². The minimum atomic E-state index is 0.556. The molecule has 0 saturated carbocycles. The summed E-state index contributed by atoms with van der Waals surface area (Å²) < 4.78 is 1.81. The highest BCUT2D eigenvalue weighted by Gasteiger charge is 2.10. The lowest BCUT2D eigenvalue weighted by molar-refractivity contribution is 0.798. The second-order valence-corrected chi connectivity index (χ2v) is 4.62. The van der Waals surface area contributed by atoms with Crippen LogP contribution < -0.4 is 0 Å². The second-order valence-electron chi connectivity index (χ2n) is 4.62. The molecule has 0 aromatic carbocycles. The van der Waals surface area contributed by atoms with Crippen molar-refractivity contribution in [1.29, 1.82) is 0 Å². The Balaban J connectivity index is 2.14. The Hall–Kier alpha value is -2.63. The molecule has 0 amide bonds. The molecule has 0 fully saturated rings. The molecule has 0 N–H and O–H groups in total. The first-order valence-electron chi connectivity index (χ1n) is 6.29. The van der Waals surface area contributed by atoms with Gasteiger partial charge in [0.1, 0.15) is 5.69 Å². The van der Waals surface area contributed by atoms with Crippen LogP contribution in [0, 0.1) is 20.8 Å². The average molecular weight is 266 g/mol. The summed E-state index contributed by atoms with van der Waals surface area (Å²) in [6.45, 7) is 5.89. The predicted molar refractivity (Wildman–Crippen MR) is 74.4 cm³/mol. The molecule has 0 aliphatic carbocycles. The van der Waals surface area contributed by atoms with E-state index < -0.39 is 0 Å². The third-order valence-corrected chi connectivity index (χ3v) is 2.86. The lowest BCUT2D eigenvalue weighted by Gasteiger charge is -2.07. The quantitative estimate of drug-likeness (QED) is 0.710. The van der Waals surface area contributed by atoms with E-state index in [0.717, 1.165) is 22.9 Å². The molecule has 3 aromatic heterocycles. The summed E-state index contributed by atoms with van der Waals surface area (Å²) in [6, 6.07) is 3.92. The molecule has 6 nitrogen and oxygen atoms in total. The topological polar surface area (TPSA) is 69.4 Å². The van der Waals surface area contributed by atoms with Gasteiger partial charge in [0.2, 0.25) is 0 Å². The van der Waals surface area contributed by atoms with E-state index in [1.54, 1.807) is 18.6 Å². The molecule has 0 unspecified atom stereocenters. The highest BCUT2D eigenvalue weighted by atomic mass is 15.3. The predicted octanol–water partition coefficient (Wildman–Crippen LogP) is 2.04. The molecule has 0 saturated heterocycles. The van der Waals surface area contributed by atoms with Gasteiger partial charge in [0.15, 0.2) is 11.6 Å². The maximum absolute atomic E-state index is 4.54. The second kappa shape index (κ2) is 4.80. The summed E-state index contributed by atoms with van der Waals surface area (Å²) in [7, 11) is 0. The Kier molecular flexibility index (Phi) is 2.98. The molecule has 6 heteroatoms. The molecule has 20 heavy (non-hydrogen) atoms. The van der Waals surface area contributed by atoms with Crippen molar-refractivity contribution in [3.05, 3.63) is 47.8 Å². The summed E-state index contributed by atoms with van der Waals surface area (Å²) in [6.07, 6.45) is 4.91. The van der Waals surface area contributed by atoms with Crippen LogP contribution in [0.5, 0.6) is 0 Å². The van der Waals surface area contributed by atoms with Crippen LogP contribution in [-0.2, 0) is 0 Å². The van der Waals surface area contributed by atoms with Gasteiger partial charge in [0, 0.05) is 29.8 Å². The summed E-state index contributed by atoms with van der Waals surface area (Å²) >= 11 is 0. The highest BCUT2D eigenvalue weighted by molar-refractivity contribution is 5.49. The molecular formula is C14H14N6. The van der Waals surface area contributed by atoms with E-state index in [1.165, 1.54) is 0 Å². The number of rotatable bonds is 2. The smallest absolute Gasteiger partial charge is 0.182 e. The molecule has 0 radical (unpaired) electrons. The van der Waals surface area contributed by atoms with Crippen molar-refractivity contribution in [2.24, 2.45) is 0 Å². The number of nitrogens with zero attached hydrogens (tertiary/aromatic N) is 6. The maximum Gasteiger partial charge on any atom is 0.182 e. The number of aromatic nitrogens is 6. The van der Waals surface area contributed by atoms with E-state index >= 15 is 0 Å². The van der Waals surface area contributed by atoms with E-state index in [0.29, 0.717) is 11.5 Å². The Morgan fingerprint density at radius 3 is 2.45 bits per heavy atom. The van der Waals surface area contributed by atoms with Gasteiger partial charge in [-0.15, -0.1) is 0 Å². The SMILES string of the molecule is Cc1cc(-n2nc(C)cc2C)nc(-c2cnccn2)n1. The standard InChI is InChI=1S/C14H14N6/c1-9-7-13(20-11(3)6-10(2)19-20)18-14(17-9)12-8-15-4-5-16-12/h4-8H,1-3H3. The van der Waals surface area contributed by atoms with Crippen molar-refractivity contribution in [2.45, 2.75) is 20.8 Å². The van der Waals surface area contributed by atoms with Gasteiger partial charge in [0.25, 0.3) is 0 Å². The van der Waals surface area contributed by atoms with Crippen LogP contribution in [0.3, 0.4) is 0 Å². The van der Waals surface area contributed by atoms with Gasteiger partial charge < -0.3 is 0 Å². The largest absolute Gasteiger partial charge is 0.261 e. The van der Waals surface area contributed by atoms with Crippen LogP contribution in [0.15, 0.2) is 30.7 Å². The number of hydrogen-bond acceptors (Lipinski definition) is 5. The van der Waals surface area contributed by atoms with E-state index in [9.17, 15) is 0 Å². The molecule has 0 spiro atoms. The van der Waals surface area contributed by atoms with Crippen LogP contribution in [0.1, 0.15) is 17.1 Å². The molecule has 0 bridgehead atoms. The van der Waals surface area contributed by atoms with Crippen LogP contribution in [-0.4, -0.2) is 29.7 Å². The van der Waals surface area contributed by atoms with Gasteiger partial charge in [-0.1, -0.05) is 0 Å². The van der Waals surface area contributed by atoms with Crippen LogP contribution >= 0.6 is 0 Å². The van der Waals surface area contributed by atoms with Crippen molar-refractivity contribution >= 4 is 0 Å². The molecule has 100 valence electrons. The lowest BCUT2D eigenvalue weighted by atomic mass is 10.3. The zero-order chi connectivity index (χ0) is 14.1. The molecular weight excluding hydrogens is 252 g/mol.